The third-order valence-corrected chi connectivity index (χ3v) is 3.77. The van der Waals surface area contributed by atoms with Crippen LogP contribution in [-0.4, -0.2) is 53.8 Å². The van der Waals surface area contributed by atoms with Crippen LogP contribution in [-0.2, 0) is 16.1 Å². The Hall–Kier alpha value is -1.88. The number of amides is 2. The molecule has 5 heteroatoms. The molecule has 0 radical (unpaired) electrons. The second kappa shape index (κ2) is 9.30. The predicted octanol–water partition coefficient (Wildman–Crippen LogP) is 1.88. The van der Waals surface area contributed by atoms with Crippen LogP contribution in [0.4, 0.5) is 0 Å². The lowest BCUT2D eigenvalue weighted by Crippen LogP contribution is -2.49. The Balaban J connectivity index is 2.63. The van der Waals surface area contributed by atoms with E-state index in [0.717, 1.165) is 5.56 Å². The highest BCUT2D eigenvalue weighted by atomic mass is 16.2. The van der Waals surface area contributed by atoms with Crippen LogP contribution >= 0.6 is 0 Å². The Morgan fingerprint density at radius 2 is 1.74 bits per heavy atom. The minimum absolute atomic E-state index is 0.0381. The fraction of sp³-hybridized carbons (Fsp3) is 0.556. The molecule has 1 rings (SSSR count). The van der Waals surface area contributed by atoms with E-state index in [0.29, 0.717) is 13.1 Å². The maximum Gasteiger partial charge on any atom is 0.239 e. The molecule has 1 aromatic carbocycles. The normalized spacial score (nSPS) is 12.3. The van der Waals surface area contributed by atoms with E-state index < -0.39 is 0 Å². The molecule has 2 amide bonds. The molecule has 0 aliphatic rings. The summed E-state index contributed by atoms with van der Waals surface area (Å²) in [5.41, 5.74) is 1.11. The largest absolute Gasteiger partial charge is 0.353 e. The number of hydrogen-bond donors (Lipinski definition) is 1. The van der Waals surface area contributed by atoms with Gasteiger partial charge in [0.2, 0.25) is 11.8 Å². The number of benzene rings is 1. The van der Waals surface area contributed by atoms with Gasteiger partial charge < -0.3 is 10.2 Å². The molecular weight excluding hydrogens is 290 g/mol. The number of carbonyl (C=O) groups is 2. The Bertz CT molecular complexity index is 502. The van der Waals surface area contributed by atoms with Crippen molar-refractivity contribution >= 4 is 11.8 Å². The SMILES string of the molecule is CCN(Cc1ccccc1)C(=O)[C@H](C)N(C)CC(=O)NC(C)C. The Kier molecular flexibility index (Phi) is 7.75. The molecule has 1 N–H and O–H groups in total. The molecule has 0 spiro atoms. The summed E-state index contributed by atoms with van der Waals surface area (Å²) in [5.74, 6) is -0.0237. The molecule has 0 aliphatic carbocycles. The Morgan fingerprint density at radius 1 is 1.13 bits per heavy atom. The molecule has 0 saturated carbocycles. The predicted molar refractivity (Wildman–Crippen MR) is 92.9 cm³/mol. The molecule has 0 fully saturated rings. The van der Waals surface area contributed by atoms with Crippen molar-refractivity contribution in [1.82, 2.24) is 15.1 Å². The van der Waals surface area contributed by atoms with E-state index in [1.54, 1.807) is 11.9 Å². The van der Waals surface area contributed by atoms with Gasteiger partial charge in [-0.05, 0) is 40.3 Å². The highest BCUT2D eigenvalue weighted by Gasteiger charge is 2.24. The maximum absolute atomic E-state index is 12.7. The first kappa shape index (κ1) is 19.2. The van der Waals surface area contributed by atoms with Crippen molar-refractivity contribution in [2.75, 3.05) is 20.1 Å². The van der Waals surface area contributed by atoms with Gasteiger partial charge in [0.25, 0.3) is 0 Å². The number of nitrogens with one attached hydrogen (secondary N) is 1. The number of rotatable bonds is 8. The highest BCUT2D eigenvalue weighted by molar-refractivity contribution is 5.83. The van der Waals surface area contributed by atoms with Gasteiger partial charge in [0.15, 0.2) is 0 Å². The smallest absolute Gasteiger partial charge is 0.239 e. The quantitative estimate of drug-likeness (QED) is 0.796. The Labute approximate surface area is 139 Å². The van der Waals surface area contributed by atoms with Crippen molar-refractivity contribution < 1.29 is 9.59 Å². The average Bonchev–Trinajstić information content (AvgIpc) is 2.51. The molecule has 1 aromatic rings. The van der Waals surface area contributed by atoms with E-state index in [1.165, 1.54) is 0 Å². The minimum atomic E-state index is -0.337. The van der Waals surface area contributed by atoms with Crippen LogP contribution in [0.15, 0.2) is 30.3 Å². The van der Waals surface area contributed by atoms with Gasteiger partial charge >= 0.3 is 0 Å². The van der Waals surface area contributed by atoms with Crippen molar-refractivity contribution in [3.63, 3.8) is 0 Å². The topological polar surface area (TPSA) is 52.7 Å². The lowest BCUT2D eigenvalue weighted by molar-refractivity contribution is -0.137. The average molecular weight is 319 g/mol. The molecule has 1 atom stereocenters. The van der Waals surface area contributed by atoms with Crippen molar-refractivity contribution in [1.29, 1.82) is 0 Å². The van der Waals surface area contributed by atoms with Gasteiger partial charge in [0.05, 0.1) is 12.6 Å². The van der Waals surface area contributed by atoms with E-state index >= 15 is 0 Å². The van der Waals surface area contributed by atoms with Gasteiger partial charge in [-0.15, -0.1) is 0 Å². The van der Waals surface area contributed by atoms with E-state index in [2.05, 4.69) is 5.32 Å². The monoisotopic (exact) mass is 319 g/mol. The van der Waals surface area contributed by atoms with Gasteiger partial charge in [-0.2, -0.15) is 0 Å². The zero-order valence-electron chi connectivity index (χ0n) is 14.9. The zero-order chi connectivity index (χ0) is 17.4. The van der Waals surface area contributed by atoms with Gasteiger partial charge in [0, 0.05) is 19.1 Å². The zero-order valence-corrected chi connectivity index (χ0v) is 14.9. The van der Waals surface area contributed by atoms with Crippen LogP contribution in [0.1, 0.15) is 33.3 Å². The molecular formula is C18H29N3O2. The van der Waals surface area contributed by atoms with E-state index in [-0.39, 0.29) is 30.4 Å². The summed E-state index contributed by atoms with van der Waals surface area (Å²) >= 11 is 0. The summed E-state index contributed by atoms with van der Waals surface area (Å²) in [7, 11) is 1.80. The molecule has 0 aliphatic heterocycles. The summed E-state index contributed by atoms with van der Waals surface area (Å²) in [6.45, 7) is 9.11. The number of nitrogens with zero attached hydrogens (tertiary/aromatic N) is 2. The lowest BCUT2D eigenvalue weighted by atomic mass is 10.2. The van der Waals surface area contributed by atoms with Crippen LogP contribution in [0.25, 0.3) is 0 Å². The fourth-order valence-electron chi connectivity index (χ4n) is 2.33. The molecule has 0 aromatic heterocycles. The van der Waals surface area contributed by atoms with Gasteiger partial charge in [-0.3, -0.25) is 14.5 Å². The molecule has 23 heavy (non-hydrogen) atoms. The second-order valence-electron chi connectivity index (χ2n) is 6.15. The first-order valence-electron chi connectivity index (χ1n) is 8.17. The van der Waals surface area contributed by atoms with E-state index in [1.807, 2.05) is 62.9 Å². The van der Waals surface area contributed by atoms with Crippen LogP contribution < -0.4 is 5.32 Å². The second-order valence-corrected chi connectivity index (χ2v) is 6.15. The fourth-order valence-corrected chi connectivity index (χ4v) is 2.33. The number of hydrogen-bond acceptors (Lipinski definition) is 3. The molecule has 0 saturated heterocycles. The maximum atomic E-state index is 12.7. The molecule has 0 heterocycles. The van der Waals surface area contributed by atoms with Gasteiger partial charge in [0.1, 0.15) is 0 Å². The molecule has 0 unspecified atom stereocenters. The first-order chi connectivity index (χ1) is 10.8. The third-order valence-electron chi connectivity index (χ3n) is 3.77. The molecule has 0 bridgehead atoms. The molecule has 128 valence electrons. The van der Waals surface area contributed by atoms with Crippen LogP contribution in [0.2, 0.25) is 0 Å². The summed E-state index contributed by atoms with van der Waals surface area (Å²) in [6, 6.07) is 9.70. The highest BCUT2D eigenvalue weighted by Crippen LogP contribution is 2.08. The lowest BCUT2D eigenvalue weighted by Gasteiger charge is -2.29. The van der Waals surface area contributed by atoms with Crippen molar-refractivity contribution in [2.45, 2.75) is 46.3 Å². The standard InChI is InChI=1S/C18H29N3O2/c1-6-21(12-16-10-8-7-9-11-16)18(23)15(4)20(5)13-17(22)19-14(2)3/h7-11,14-15H,6,12-13H2,1-5H3,(H,19,22)/t15-/m0/s1. The van der Waals surface area contributed by atoms with Gasteiger partial charge in [-0.25, -0.2) is 0 Å². The summed E-state index contributed by atoms with van der Waals surface area (Å²) < 4.78 is 0. The van der Waals surface area contributed by atoms with Gasteiger partial charge in [-0.1, -0.05) is 30.3 Å². The van der Waals surface area contributed by atoms with Crippen LogP contribution in [0.3, 0.4) is 0 Å². The van der Waals surface area contributed by atoms with E-state index in [4.69, 9.17) is 0 Å². The summed E-state index contributed by atoms with van der Waals surface area (Å²) in [5, 5.41) is 2.84. The van der Waals surface area contributed by atoms with Crippen molar-refractivity contribution in [3.05, 3.63) is 35.9 Å². The first-order valence-corrected chi connectivity index (χ1v) is 8.17. The molecule has 5 nitrogen and oxygen atoms in total. The third kappa shape index (κ3) is 6.40. The Morgan fingerprint density at radius 3 is 2.26 bits per heavy atom. The van der Waals surface area contributed by atoms with Crippen molar-refractivity contribution in [2.24, 2.45) is 0 Å². The summed E-state index contributed by atoms with van der Waals surface area (Å²) in [4.78, 5) is 28.1. The number of likely N-dealkylation sites (N-methyl/N-ethyl adjacent to an activating group) is 2. The van der Waals surface area contributed by atoms with Crippen LogP contribution in [0, 0.1) is 0 Å². The van der Waals surface area contributed by atoms with Crippen molar-refractivity contribution in [3.8, 4) is 0 Å². The minimum Gasteiger partial charge on any atom is -0.353 e. The number of carbonyl (C=O) groups excluding carboxylic acids is 2. The summed E-state index contributed by atoms with van der Waals surface area (Å²) in [6.07, 6.45) is 0. The van der Waals surface area contributed by atoms with E-state index in [9.17, 15) is 9.59 Å². The van der Waals surface area contributed by atoms with Crippen LogP contribution in [0.5, 0.6) is 0 Å².